The van der Waals surface area contributed by atoms with E-state index in [0.29, 0.717) is 23.7 Å². The van der Waals surface area contributed by atoms with Gasteiger partial charge in [0, 0.05) is 13.1 Å². The van der Waals surface area contributed by atoms with Crippen LogP contribution in [0.4, 0.5) is 10.7 Å². The van der Waals surface area contributed by atoms with Crippen molar-refractivity contribution in [3.8, 4) is 6.07 Å². The van der Waals surface area contributed by atoms with Crippen LogP contribution in [0.1, 0.15) is 29.1 Å². The summed E-state index contributed by atoms with van der Waals surface area (Å²) in [6.07, 6.45) is 0.131. The number of morpholine rings is 1. The van der Waals surface area contributed by atoms with E-state index in [1.54, 1.807) is 0 Å². The van der Waals surface area contributed by atoms with Crippen molar-refractivity contribution in [2.45, 2.75) is 26.1 Å². The van der Waals surface area contributed by atoms with Gasteiger partial charge in [-0.3, -0.25) is 4.79 Å². The number of anilines is 2. The number of ether oxygens (including phenoxy) is 1. The van der Waals surface area contributed by atoms with E-state index < -0.39 is 5.91 Å². The van der Waals surface area contributed by atoms with Crippen molar-refractivity contribution in [1.29, 1.82) is 5.26 Å². The molecule has 1 aliphatic rings. The van der Waals surface area contributed by atoms with Gasteiger partial charge in [-0.25, -0.2) is 0 Å². The Bertz CT molecular complexity index is 539. The van der Waals surface area contributed by atoms with Crippen molar-refractivity contribution in [3.05, 3.63) is 10.4 Å². The molecule has 1 aliphatic heterocycles. The molecule has 2 unspecified atom stereocenters. The minimum Gasteiger partial charge on any atom is -0.396 e. The maximum absolute atomic E-state index is 11.3. The van der Waals surface area contributed by atoms with Crippen molar-refractivity contribution in [3.63, 3.8) is 0 Å². The Morgan fingerprint density at radius 3 is 2.53 bits per heavy atom. The molecule has 0 spiro atoms. The van der Waals surface area contributed by atoms with Crippen LogP contribution in [0.2, 0.25) is 0 Å². The lowest BCUT2D eigenvalue weighted by Crippen LogP contribution is -2.45. The molecule has 0 aliphatic carbocycles. The highest BCUT2D eigenvalue weighted by molar-refractivity contribution is 7.19. The van der Waals surface area contributed by atoms with Crippen molar-refractivity contribution >= 4 is 27.9 Å². The molecule has 0 radical (unpaired) electrons. The Labute approximate surface area is 115 Å². The second-order valence-corrected chi connectivity index (χ2v) is 5.66. The molecule has 2 atom stereocenters. The summed E-state index contributed by atoms with van der Waals surface area (Å²) in [7, 11) is 0. The summed E-state index contributed by atoms with van der Waals surface area (Å²) in [5, 5.41) is 9.93. The highest BCUT2D eigenvalue weighted by atomic mass is 32.1. The Balaban J connectivity index is 2.42. The zero-order chi connectivity index (χ0) is 14.2. The average molecular weight is 280 g/mol. The number of nitrogens with zero attached hydrogens (tertiary/aromatic N) is 2. The van der Waals surface area contributed by atoms with Crippen LogP contribution in [0.15, 0.2) is 0 Å². The molecular weight excluding hydrogens is 264 g/mol. The van der Waals surface area contributed by atoms with Crippen LogP contribution < -0.4 is 16.4 Å². The highest BCUT2D eigenvalue weighted by Crippen LogP contribution is 2.38. The van der Waals surface area contributed by atoms with E-state index >= 15 is 0 Å². The smallest absolute Gasteiger partial charge is 0.261 e. The van der Waals surface area contributed by atoms with Crippen molar-refractivity contribution in [2.24, 2.45) is 5.73 Å². The summed E-state index contributed by atoms with van der Waals surface area (Å²) in [6, 6.07) is 2.06. The molecule has 2 heterocycles. The first-order chi connectivity index (χ1) is 8.93. The SMILES string of the molecule is CC1CN(c2sc(C(N)=O)c(N)c2C#N)CC(C)O1. The van der Waals surface area contributed by atoms with Crippen LogP contribution in [-0.2, 0) is 4.74 Å². The van der Waals surface area contributed by atoms with E-state index in [4.69, 9.17) is 16.2 Å². The first kappa shape index (κ1) is 13.6. The number of nitrogen functional groups attached to an aromatic ring is 1. The summed E-state index contributed by atoms with van der Waals surface area (Å²) < 4.78 is 5.65. The normalized spacial score (nSPS) is 23.1. The number of carbonyl (C=O) groups excluding carboxylic acids is 1. The standard InChI is InChI=1S/C12H16N4O2S/c1-6-4-16(5-7(2)18-6)12-8(3-13)9(14)10(19-12)11(15)17/h6-7H,4-5,14H2,1-2H3,(H2,15,17). The van der Waals surface area contributed by atoms with Crippen LogP contribution in [0.25, 0.3) is 0 Å². The number of hydrogen-bond acceptors (Lipinski definition) is 6. The van der Waals surface area contributed by atoms with Gasteiger partial charge in [-0.05, 0) is 13.8 Å². The fourth-order valence-electron chi connectivity index (χ4n) is 2.29. The van der Waals surface area contributed by atoms with E-state index in [1.807, 2.05) is 18.7 Å². The largest absolute Gasteiger partial charge is 0.396 e. The molecule has 1 aromatic rings. The molecule has 102 valence electrons. The van der Waals surface area contributed by atoms with Gasteiger partial charge in [0.15, 0.2) is 0 Å². The van der Waals surface area contributed by atoms with Gasteiger partial charge in [-0.1, -0.05) is 0 Å². The average Bonchev–Trinajstić information content (AvgIpc) is 2.65. The van der Waals surface area contributed by atoms with Gasteiger partial charge >= 0.3 is 0 Å². The fourth-order valence-corrected chi connectivity index (χ4v) is 3.33. The molecule has 1 amide bonds. The van der Waals surface area contributed by atoms with Gasteiger partial charge < -0.3 is 21.1 Å². The van der Waals surface area contributed by atoms with E-state index in [1.165, 1.54) is 11.3 Å². The van der Waals surface area contributed by atoms with Gasteiger partial charge in [0.25, 0.3) is 5.91 Å². The molecule has 0 bridgehead atoms. The molecule has 1 aromatic heterocycles. The molecule has 0 aromatic carbocycles. The number of hydrogen-bond donors (Lipinski definition) is 2. The predicted molar refractivity (Wildman–Crippen MR) is 74.2 cm³/mol. The van der Waals surface area contributed by atoms with Crippen LogP contribution >= 0.6 is 11.3 Å². The molecule has 0 saturated carbocycles. The number of nitrogens with two attached hydrogens (primary N) is 2. The van der Waals surface area contributed by atoms with Crippen LogP contribution in [0.3, 0.4) is 0 Å². The molecule has 7 heteroatoms. The molecule has 1 fully saturated rings. The predicted octanol–water partition coefficient (Wildman–Crippen LogP) is 0.914. The van der Waals surface area contributed by atoms with E-state index in [9.17, 15) is 10.1 Å². The summed E-state index contributed by atoms with van der Waals surface area (Å²) in [6.45, 7) is 5.27. The third-order valence-corrected chi connectivity index (χ3v) is 4.25. The van der Waals surface area contributed by atoms with Gasteiger partial charge in [0.1, 0.15) is 21.5 Å². The topological polar surface area (TPSA) is 105 Å². The summed E-state index contributed by atoms with van der Waals surface area (Å²) >= 11 is 1.18. The molecule has 6 nitrogen and oxygen atoms in total. The molecule has 19 heavy (non-hydrogen) atoms. The van der Waals surface area contributed by atoms with Gasteiger partial charge in [-0.15, -0.1) is 11.3 Å². The number of nitriles is 1. The van der Waals surface area contributed by atoms with Crippen molar-refractivity contribution in [1.82, 2.24) is 0 Å². The number of rotatable bonds is 2. The fraction of sp³-hybridized carbons (Fsp3) is 0.500. The first-order valence-corrected chi connectivity index (χ1v) is 6.78. The summed E-state index contributed by atoms with van der Waals surface area (Å²) in [4.78, 5) is 13.6. The van der Waals surface area contributed by atoms with Crippen LogP contribution in [0, 0.1) is 11.3 Å². The van der Waals surface area contributed by atoms with Crippen LogP contribution in [-0.4, -0.2) is 31.2 Å². The zero-order valence-electron chi connectivity index (χ0n) is 10.8. The number of amides is 1. The molecule has 4 N–H and O–H groups in total. The monoisotopic (exact) mass is 280 g/mol. The Morgan fingerprint density at radius 1 is 1.47 bits per heavy atom. The third-order valence-electron chi connectivity index (χ3n) is 2.97. The maximum atomic E-state index is 11.3. The Hall–Kier alpha value is -1.78. The van der Waals surface area contributed by atoms with Gasteiger partial charge in [-0.2, -0.15) is 5.26 Å². The molecule has 2 rings (SSSR count). The van der Waals surface area contributed by atoms with Crippen molar-refractivity contribution < 1.29 is 9.53 Å². The minimum absolute atomic E-state index is 0.0654. The van der Waals surface area contributed by atoms with Crippen molar-refractivity contribution in [2.75, 3.05) is 23.7 Å². The lowest BCUT2D eigenvalue weighted by Gasteiger charge is -2.36. The second-order valence-electron chi connectivity index (χ2n) is 4.66. The highest BCUT2D eigenvalue weighted by Gasteiger charge is 2.28. The summed E-state index contributed by atoms with van der Waals surface area (Å²) in [5.41, 5.74) is 11.6. The van der Waals surface area contributed by atoms with E-state index in [-0.39, 0.29) is 22.8 Å². The maximum Gasteiger partial charge on any atom is 0.261 e. The first-order valence-electron chi connectivity index (χ1n) is 5.96. The molecule has 1 saturated heterocycles. The second kappa shape index (κ2) is 5.07. The number of primary amides is 1. The third kappa shape index (κ3) is 2.50. The van der Waals surface area contributed by atoms with Crippen LogP contribution in [0.5, 0.6) is 0 Å². The molecular formula is C12H16N4O2S. The Kier molecular flexibility index (Phi) is 3.64. The minimum atomic E-state index is -0.598. The lowest BCUT2D eigenvalue weighted by atomic mass is 10.2. The van der Waals surface area contributed by atoms with Gasteiger partial charge in [0.2, 0.25) is 0 Å². The Morgan fingerprint density at radius 2 is 2.05 bits per heavy atom. The summed E-state index contributed by atoms with van der Waals surface area (Å²) in [5.74, 6) is -0.598. The quantitative estimate of drug-likeness (QED) is 0.837. The van der Waals surface area contributed by atoms with Gasteiger partial charge in [0.05, 0.1) is 17.9 Å². The number of carbonyl (C=O) groups is 1. The zero-order valence-corrected chi connectivity index (χ0v) is 11.7. The van der Waals surface area contributed by atoms with E-state index in [2.05, 4.69) is 6.07 Å². The number of thiophene rings is 1. The van der Waals surface area contributed by atoms with E-state index in [0.717, 1.165) is 0 Å². The lowest BCUT2D eigenvalue weighted by molar-refractivity contribution is -0.00501.